The molecule has 2 aromatic carbocycles. The van der Waals surface area contributed by atoms with E-state index in [9.17, 15) is 13.6 Å². The lowest BCUT2D eigenvalue weighted by Crippen LogP contribution is -2.14. The number of carbonyl (C=O) groups excluding carboxylic acids is 1. The SMILES string of the molecule is Cc1ccc(NC(=O)c2ccc(F)cc2F)cc1N. The number of nitrogens with two attached hydrogens (primary N) is 1. The van der Waals surface area contributed by atoms with Crippen molar-refractivity contribution in [3.8, 4) is 0 Å². The van der Waals surface area contributed by atoms with Gasteiger partial charge in [0.2, 0.25) is 0 Å². The van der Waals surface area contributed by atoms with Crippen molar-refractivity contribution in [3.05, 3.63) is 59.2 Å². The number of aryl methyl sites for hydroxylation is 1. The molecule has 0 saturated heterocycles. The highest BCUT2D eigenvalue weighted by atomic mass is 19.1. The lowest BCUT2D eigenvalue weighted by atomic mass is 10.1. The van der Waals surface area contributed by atoms with Crippen molar-refractivity contribution >= 4 is 17.3 Å². The number of anilines is 2. The molecule has 2 aromatic rings. The van der Waals surface area contributed by atoms with Gasteiger partial charge < -0.3 is 11.1 Å². The van der Waals surface area contributed by atoms with Gasteiger partial charge in [-0.2, -0.15) is 0 Å². The highest BCUT2D eigenvalue weighted by Crippen LogP contribution is 2.18. The standard InChI is InChI=1S/C14H12F2N2O/c1-8-2-4-10(7-13(8)17)18-14(19)11-5-3-9(15)6-12(11)16/h2-7H,17H2,1H3,(H,18,19). The first-order chi connectivity index (χ1) is 8.97. The zero-order valence-corrected chi connectivity index (χ0v) is 10.2. The molecule has 0 saturated carbocycles. The van der Waals surface area contributed by atoms with Crippen LogP contribution in [0.1, 0.15) is 15.9 Å². The molecule has 98 valence electrons. The van der Waals surface area contributed by atoms with Gasteiger partial charge in [-0.25, -0.2) is 8.78 Å². The monoisotopic (exact) mass is 262 g/mol. The molecule has 0 aromatic heterocycles. The van der Waals surface area contributed by atoms with Crippen molar-refractivity contribution in [1.82, 2.24) is 0 Å². The molecule has 0 spiro atoms. The third-order valence-corrected chi connectivity index (χ3v) is 2.71. The summed E-state index contributed by atoms with van der Waals surface area (Å²) in [5.41, 5.74) is 7.35. The van der Waals surface area contributed by atoms with Gasteiger partial charge in [-0.15, -0.1) is 0 Å². The average Bonchev–Trinajstić information content (AvgIpc) is 2.33. The van der Waals surface area contributed by atoms with Crippen LogP contribution >= 0.6 is 0 Å². The molecule has 0 atom stereocenters. The largest absolute Gasteiger partial charge is 0.398 e. The first kappa shape index (κ1) is 13.0. The molecule has 5 heteroatoms. The summed E-state index contributed by atoms with van der Waals surface area (Å²) in [5, 5.41) is 2.51. The Bertz CT molecular complexity index is 641. The Morgan fingerprint density at radius 3 is 2.53 bits per heavy atom. The summed E-state index contributed by atoms with van der Waals surface area (Å²) in [5.74, 6) is -2.29. The summed E-state index contributed by atoms with van der Waals surface area (Å²) in [7, 11) is 0. The van der Waals surface area contributed by atoms with Crippen LogP contribution in [0, 0.1) is 18.6 Å². The number of amides is 1. The third-order valence-electron chi connectivity index (χ3n) is 2.71. The van der Waals surface area contributed by atoms with Crippen molar-refractivity contribution in [3.63, 3.8) is 0 Å². The molecule has 0 aliphatic carbocycles. The maximum atomic E-state index is 13.4. The Morgan fingerprint density at radius 2 is 1.89 bits per heavy atom. The highest BCUT2D eigenvalue weighted by Gasteiger charge is 2.12. The molecule has 0 fully saturated rings. The van der Waals surface area contributed by atoms with E-state index in [1.165, 1.54) is 0 Å². The van der Waals surface area contributed by atoms with Gasteiger partial charge in [0.25, 0.3) is 5.91 Å². The maximum absolute atomic E-state index is 13.4. The fourth-order valence-corrected chi connectivity index (χ4v) is 1.59. The number of nitrogen functional groups attached to an aromatic ring is 1. The average molecular weight is 262 g/mol. The van der Waals surface area contributed by atoms with Crippen LogP contribution in [0.4, 0.5) is 20.2 Å². The van der Waals surface area contributed by atoms with Crippen molar-refractivity contribution in [2.45, 2.75) is 6.92 Å². The molecular formula is C14H12F2N2O. The number of halogens is 2. The quantitative estimate of drug-likeness (QED) is 0.817. The molecule has 0 heterocycles. The van der Waals surface area contributed by atoms with E-state index in [1.54, 1.807) is 18.2 Å². The minimum atomic E-state index is -0.905. The molecule has 19 heavy (non-hydrogen) atoms. The smallest absolute Gasteiger partial charge is 0.258 e. The zero-order chi connectivity index (χ0) is 14.0. The highest BCUT2D eigenvalue weighted by molar-refractivity contribution is 6.04. The first-order valence-electron chi connectivity index (χ1n) is 5.60. The lowest BCUT2D eigenvalue weighted by molar-refractivity contribution is 0.102. The van der Waals surface area contributed by atoms with Crippen LogP contribution in [0.3, 0.4) is 0 Å². The molecule has 3 N–H and O–H groups in total. The van der Waals surface area contributed by atoms with Crippen molar-refractivity contribution < 1.29 is 13.6 Å². The fraction of sp³-hybridized carbons (Fsp3) is 0.0714. The van der Waals surface area contributed by atoms with E-state index in [1.807, 2.05) is 6.92 Å². The predicted molar refractivity (Wildman–Crippen MR) is 69.9 cm³/mol. The maximum Gasteiger partial charge on any atom is 0.258 e. The fourth-order valence-electron chi connectivity index (χ4n) is 1.59. The van der Waals surface area contributed by atoms with Crippen molar-refractivity contribution in [1.29, 1.82) is 0 Å². The number of carbonyl (C=O) groups is 1. The Labute approximate surface area is 109 Å². The van der Waals surface area contributed by atoms with Crippen LogP contribution < -0.4 is 11.1 Å². The second-order valence-electron chi connectivity index (χ2n) is 4.15. The van der Waals surface area contributed by atoms with Crippen LogP contribution in [0.25, 0.3) is 0 Å². The Kier molecular flexibility index (Phi) is 3.46. The number of rotatable bonds is 2. The molecule has 3 nitrogen and oxygen atoms in total. The second kappa shape index (κ2) is 5.06. The van der Waals surface area contributed by atoms with E-state index in [0.29, 0.717) is 17.4 Å². The molecule has 0 aliphatic heterocycles. The molecular weight excluding hydrogens is 250 g/mol. The van der Waals surface area contributed by atoms with Gasteiger partial charge in [-0.1, -0.05) is 6.07 Å². The van der Waals surface area contributed by atoms with Crippen LogP contribution in [-0.4, -0.2) is 5.91 Å². The third kappa shape index (κ3) is 2.88. The molecule has 0 bridgehead atoms. The van der Waals surface area contributed by atoms with Gasteiger partial charge in [0.15, 0.2) is 0 Å². The van der Waals surface area contributed by atoms with E-state index < -0.39 is 17.5 Å². The van der Waals surface area contributed by atoms with Gasteiger partial charge in [-0.3, -0.25) is 4.79 Å². The Hall–Kier alpha value is -2.43. The summed E-state index contributed by atoms with van der Waals surface area (Å²) in [6, 6.07) is 7.77. The van der Waals surface area contributed by atoms with E-state index in [2.05, 4.69) is 5.32 Å². The predicted octanol–water partition coefficient (Wildman–Crippen LogP) is 3.11. The van der Waals surface area contributed by atoms with Gasteiger partial charge in [0.05, 0.1) is 5.56 Å². The van der Waals surface area contributed by atoms with E-state index in [4.69, 9.17) is 5.73 Å². The second-order valence-corrected chi connectivity index (χ2v) is 4.15. The van der Waals surface area contributed by atoms with Crippen LogP contribution in [0.5, 0.6) is 0 Å². The van der Waals surface area contributed by atoms with E-state index in [-0.39, 0.29) is 5.56 Å². The van der Waals surface area contributed by atoms with Crippen molar-refractivity contribution in [2.75, 3.05) is 11.1 Å². The normalized spacial score (nSPS) is 10.3. The Morgan fingerprint density at radius 1 is 1.16 bits per heavy atom. The van der Waals surface area contributed by atoms with Crippen LogP contribution in [-0.2, 0) is 0 Å². The summed E-state index contributed by atoms with van der Waals surface area (Å²) >= 11 is 0. The van der Waals surface area contributed by atoms with Gasteiger partial charge in [0.1, 0.15) is 11.6 Å². The number of nitrogens with one attached hydrogen (secondary N) is 1. The molecule has 0 aliphatic rings. The summed E-state index contributed by atoms with van der Waals surface area (Å²) < 4.78 is 26.2. The lowest BCUT2D eigenvalue weighted by Gasteiger charge is -2.08. The minimum Gasteiger partial charge on any atom is -0.398 e. The molecule has 0 unspecified atom stereocenters. The number of hydrogen-bond acceptors (Lipinski definition) is 2. The van der Waals surface area contributed by atoms with E-state index >= 15 is 0 Å². The van der Waals surface area contributed by atoms with Crippen molar-refractivity contribution in [2.24, 2.45) is 0 Å². The molecule has 0 radical (unpaired) electrons. The van der Waals surface area contributed by atoms with Gasteiger partial charge >= 0.3 is 0 Å². The topological polar surface area (TPSA) is 55.1 Å². The Balaban J connectivity index is 2.23. The summed E-state index contributed by atoms with van der Waals surface area (Å²) in [6.07, 6.45) is 0. The number of hydrogen-bond donors (Lipinski definition) is 2. The van der Waals surface area contributed by atoms with Crippen LogP contribution in [0.15, 0.2) is 36.4 Å². The minimum absolute atomic E-state index is 0.222. The van der Waals surface area contributed by atoms with Gasteiger partial charge in [0, 0.05) is 17.4 Å². The summed E-state index contributed by atoms with van der Waals surface area (Å²) in [4.78, 5) is 11.8. The summed E-state index contributed by atoms with van der Waals surface area (Å²) in [6.45, 7) is 1.83. The van der Waals surface area contributed by atoms with E-state index in [0.717, 1.165) is 17.7 Å². The zero-order valence-electron chi connectivity index (χ0n) is 10.2. The molecule has 2 rings (SSSR count). The number of benzene rings is 2. The van der Waals surface area contributed by atoms with Gasteiger partial charge in [-0.05, 0) is 36.8 Å². The van der Waals surface area contributed by atoms with Crippen LogP contribution in [0.2, 0.25) is 0 Å². The molecule has 1 amide bonds. The first-order valence-corrected chi connectivity index (χ1v) is 5.60.